The smallest absolute Gasteiger partial charge is 0.223 e. The van der Waals surface area contributed by atoms with Gasteiger partial charge in [-0.2, -0.15) is 0 Å². The molecule has 1 atom stereocenters. The van der Waals surface area contributed by atoms with Crippen molar-refractivity contribution in [2.45, 2.75) is 25.3 Å². The maximum Gasteiger partial charge on any atom is 0.223 e. The second kappa shape index (κ2) is 7.44. The van der Waals surface area contributed by atoms with Crippen molar-refractivity contribution in [2.24, 2.45) is 5.92 Å². The van der Waals surface area contributed by atoms with Crippen molar-refractivity contribution >= 4 is 17.5 Å². The van der Waals surface area contributed by atoms with Gasteiger partial charge in [0, 0.05) is 30.6 Å². The van der Waals surface area contributed by atoms with Gasteiger partial charge in [-0.25, -0.2) is 0 Å². The number of carbonyl (C=O) groups excluding carboxylic acids is 1. The maximum atomic E-state index is 12.1. The third-order valence-corrected chi connectivity index (χ3v) is 5.04. The number of ether oxygens (including phenoxy) is 1. The Morgan fingerprint density at radius 3 is 2.68 bits per heavy atom. The summed E-state index contributed by atoms with van der Waals surface area (Å²) in [5, 5.41) is 3.89. The van der Waals surface area contributed by atoms with Crippen LogP contribution in [0.2, 0.25) is 5.02 Å². The van der Waals surface area contributed by atoms with E-state index in [-0.39, 0.29) is 17.9 Å². The number of halogens is 1. The molecular formula is C17H23ClN2O2. The van der Waals surface area contributed by atoms with Gasteiger partial charge in [0.1, 0.15) is 0 Å². The van der Waals surface area contributed by atoms with Crippen molar-refractivity contribution in [3.8, 4) is 0 Å². The molecule has 22 heavy (non-hydrogen) atoms. The van der Waals surface area contributed by atoms with E-state index in [9.17, 15) is 4.79 Å². The summed E-state index contributed by atoms with van der Waals surface area (Å²) in [6.07, 6.45) is 3.23. The Bertz CT molecular complexity index is 513. The van der Waals surface area contributed by atoms with Crippen molar-refractivity contribution in [1.82, 2.24) is 10.2 Å². The topological polar surface area (TPSA) is 41.6 Å². The summed E-state index contributed by atoms with van der Waals surface area (Å²) in [6, 6.07) is 8.02. The quantitative estimate of drug-likeness (QED) is 0.906. The van der Waals surface area contributed by atoms with Gasteiger partial charge in [-0.15, -0.1) is 0 Å². The third kappa shape index (κ3) is 3.62. The molecule has 1 heterocycles. The molecule has 2 aliphatic rings. The molecular weight excluding hydrogens is 300 g/mol. The molecule has 1 saturated carbocycles. The lowest BCUT2D eigenvalue weighted by atomic mass is 9.85. The van der Waals surface area contributed by atoms with Crippen LogP contribution < -0.4 is 5.32 Å². The zero-order valence-electron chi connectivity index (χ0n) is 12.8. The molecule has 0 radical (unpaired) electrons. The van der Waals surface area contributed by atoms with E-state index >= 15 is 0 Å². The Morgan fingerprint density at radius 1 is 1.32 bits per heavy atom. The molecule has 1 aromatic rings. The first-order chi connectivity index (χ1) is 10.8. The SMILES string of the molecule is O=C(NC[C@H](c1ccccc1Cl)N1CCOCC1)C1CCC1. The first-order valence-electron chi connectivity index (χ1n) is 8.09. The van der Waals surface area contributed by atoms with E-state index in [4.69, 9.17) is 16.3 Å². The Labute approximate surface area is 136 Å². The molecule has 1 saturated heterocycles. The average Bonchev–Trinajstić information content (AvgIpc) is 2.48. The number of amides is 1. The van der Waals surface area contributed by atoms with E-state index in [2.05, 4.69) is 16.3 Å². The van der Waals surface area contributed by atoms with E-state index in [1.54, 1.807) is 0 Å². The van der Waals surface area contributed by atoms with Crippen LogP contribution in [0.3, 0.4) is 0 Å². The van der Waals surface area contributed by atoms with Gasteiger partial charge in [0.15, 0.2) is 0 Å². The first kappa shape index (κ1) is 15.8. The predicted octanol–water partition coefficient (Wildman–Crippen LogP) is 2.63. The molecule has 120 valence electrons. The van der Waals surface area contributed by atoms with E-state index in [0.29, 0.717) is 6.54 Å². The number of benzene rings is 1. The van der Waals surface area contributed by atoms with Crippen LogP contribution >= 0.6 is 11.6 Å². The second-order valence-electron chi connectivity index (χ2n) is 6.06. The molecule has 2 fully saturated rings. The van der Waals surface area contributed by atoms with Crippen molar-refractivity contribution < 1.29 is 9.53 Å². The lowest BCUT2D eigenvalue weighted by Gasteiger charge is -2.36. The van der Waals surface area contributed by atoms with Crippen LogP contribution in [-0.2, 0) is 9.53 Å². The van der Waals surface area contributed by atoms with E-state index in [1.807, 2.05) is 18.2 Å². The van der Waals surface area contributed by atoms with Gasteiger partial charge in [-0.1, -0.05) is 36.2 Å². The van der Waals surface area contributed by atoms with Gasteiger partial charge in [0.2, 0.25) is 5.91 Å². The molecule has 1 aliphatic heterocycles. The van der Waals surface area contributed by atoms with Crippen LogP contribution in [0, 0.1) is 5.92 Å². The maximum absolute atomic E-state index is 12.1. The van der Waals surface area contributed by atoms with Gasteiger partial charge in [0.05, 0.1) is 19.3 Å². The summed E-state index contributed by atoms with van der Waals surface area (Å²) in [4.78, 5) is 14.5. The van der Waals surface area contributed by atoms with Crippen molar-refractivity contribution in [3.05, 3.63) is 34.9 Å². The lowest BCUT2D eigenvalue weighted by Crippen LogP contribution is -2.45. The van der Waals surface area contributed by atoms with E-state index in [1.165, 1.54) is 6.42 Å². The minimum Gasteiger partial charge on any atom is -0.379 e. The van der Waals surface area contributed by atoms with Crippen molar-refractivity contribution in [3.63, 3.8) is 0 Å². The molecule has 1 N–H and O–H groups in total. The molecule has 4 nitrogen and oxygen atoms in total. The predicted molar refractivity (Wildman–Crippen MR) is 86.9 cm³/mol. The minimum absolute atomic E-state index is 0.113. The summed E-state index contributed by atoms with van der Waals surface area (Å²) >= 11 is 6.38. The fraction of sp³-hybridized carbons (Fsp3) is 0.588. The summed E-state index contributed by atoms with van der Waals surface area (Å²) in [7, 11) is 0. The van der Waals surface area contributed by atoms with Crippen LogP contribution in [0.15, 0.2) is 24.3 Å². The van der Waals surface area contributed by atoms with Crippen LogP contribution in [0.1, 0.15) is 30.9 Å². The lowest BCUT2D eigenvalue weighted by molar-refractivity contribution is -0.127. The summed E-state index contributed by atoms with van der Waals surface area (Å²) in [6.45, 7) is 3.82. The molecule has 1 amide bonds. The molecule has 0 aromatic heterocycles. The highest BCUT2D eigenvalue weighted by atomic mass is 35.5. The minimum atomic E-state index is 0.113. The molecule has 1 aromatic carbocycles. The highest BCUT2D eigenvalue weighted by Crippen LogP contribution is 2.29. The molecule has 0 spiro atoms. The Morgan fingerprint density at radius 2 is 2.05 bits per heavy atom. The van der Waals surface area contributed by atoms with Gasteiger partial charge in [-0.05, 0) is 24.5 Å². The fourth-order valence-electron chi connectivity index (χ4n) is 3.08. The Kier molecular flexibility index (Phi) is 5.34. The van der Waals surface area contributed by atoms with Crippen LogP contribution in [0.4, 0.5) is 0 Å². The van der Waals surface area contributed by atoms with Crippen LogP contribution in [0.5, 0.6) is 0 Å². The first-order valence-corrected chi connectivity index (χ1v) is 8.47. The molecule has 3 rings (SSSR count). The summed E-state index contributed by atoms with van der Waals surface area (Å²) in [5.74, 6) is 0.410. The molecule has 0 bridgehead atoms. The largest absolute Gasteiger partial charge is 0.379 e. The molecule has 5 heteroatoms. The van der Waals surface area contributed by atoms with Gasteiger partial charge in [0.25, 0.3) is 0 Å². The van der Waals surface area contributed by atoms with E-state index in [0.717, 1.165) is 49.7 Å². The Hall–Kier alpha value is -1.10. The second-order valence-corrected chi connectivity index (χ2v) is 6.47. The van der Waals surface area contributed by atoms with Crippen LogP contribution in [-0.4, -0.2) is 43.7 Å². The van der Waals surface area contributed by atoms with Gasteiger partial charge in [-0.3, -0.25) is 9.69 Å². The zero-order chi connectivity index (χ0) is 15.4. The number of nitrogens with one attached hydrogen (secondary N) is 1. The van der Waals surface area contributed by atoms with Crippen LogP contribution in [0.25, 0.3) is 0 Å². The highest BCUT2D eigenvalue weighted by Gasteiger charge is 2.28. The van der Waals surface area contributed by atoms with Crippen molar-refractivity contribution in [2.75, 3.05) is 32.8 Å². The fourth-order valence-corrected chi connectivity index (χ4v) is 3.34. The number of morpholine rings is 1. The third-order valence-electron chi connectivity index (χ3n) is 4.70. The summed E-state index contributed by atoms with van der Waals surface area (Å²) < 4.78 is 5.44. The number of nitrogens with zero attached hydrogens (tertiary/aromatic N) is 1. The highest BCUT2D eigenvalue weighted by molar-refractivity contribution is 6.31. The normalized spacial score (nSPS) is 21.1. The summed E-state index contributed by atoms with van der Waals surface area (Å²) in [5.41, 5.74) is 1.08. The molecule has 1 aliphatic carbocycles. The number of hydrogen-bond donors (Lipinski definition) is 1. The number of rotatable bonds is 5. The monoisotopic (exact) mass is 322 g/mol. The average molecular weight is 323 g/mol. The van der Waals surface area contributed by atoms with Gasteiger partial charge < -0.3 is 10.1 Å². The van der Waals surface area contributed by atoms with E-state index < -0.39 is 0 Å². The van der Waals surface area contributed by atoms with Gasteiger partial charge >= 0.3 is 0 Å². The zero-order valence-corrected chi connectivity index (χ0v) is 13.5. The standard InChI is InChI=1S/C17H23ClN2O2/c18-15-7-2-1-6-14(15)16(20-8-10-22-11-9-20)12-19-17(21)13-4-3-5-13/h1-2,6-7,13,16H,3-5,8-12H2,(H,19,21)/t16-/m1/s1. The number of carbonyl (C=O) groups is 1. The Balaban J connectivity index is 1.70. The molecule has 0 unspecified atom stereocenters. The number of hydrogen-bond acceptors (Lipinski definition) is 3. The van der Waals surface area contributed by atoms with Crippen molar-refractivity contribution in [1.29, 1.82) is 0 Å².